The van der Waals surface area contributed by atoms with Gasteiger partial charge in [0.1, 0.15) is 5.82 Å². The summed E-state index contributed by atoms with van der Waals surface area (Å²) in [5, 5.41) is 0. The Balaban J connectivity index is 1.38. The van der Waals surface area contributed by atoms with Gasteiger partial charge in [0.25, 0.3) is 0 Å². The highest BCUT2D eigenvalue weighted by molar-refractivity contribution is 5.44. The van der Waals surface area contributed by atoms with Crippen LogP contribution in [-0.2, 0) is 13.1 Å². The van der Waals surface area contributed by atoms with Crippen molar-refractivity contribution in [3.8, 4) is 0 Å². The van der Waals surface area contributed by atoms with E-state index in [0.717, 1.165) is 57.6 Å². The fraction of sp³-hybridized carbons (Fsp3) is 0.333. The van der Waals surface area contributed by atoms with Gasteiger partial charge in [0.15, 0.2) is 0 Å². The van der Waals surface area contributed by atoms with Gasteiger partial charge in [-0.2, -0.15) is 4.98 Å². The normalized spacial score (nSPS) is 14.7. The van der Waals surface area contributed by atoms with Gasteiger partial charge in [0, 0.05) is 52.0 Å². The van der Waals surface area contributed by atoms with Crippen LogP contribution >= 0.6 is 0 Å². The Kier molecular flexibility index (Phi) is 6.37. The lowest BCUT2D eigenvalue weighted by Gasteiger charge is -2.35. The molecular formula is C24H29N5. The first kappa shape index (κ1) is 19.4. The van der Waals surface area contributed by atoms with E-state index in [-0.39, 0.29) is 0 Å². The van der Waals surface area contributed by atoms with Crippen molar-refractivity contribution >= 4 is 11.8 Å². The van der Waals surface area contributed by atoms with Crippen molar-refractivity contribution in [1.82, 2.24) is 14.9 Å². The van der Waals surface area contributed by atoms with Crippen LogP contribution in [0.3, 0.4) is 0 Å². The number of benzene rings is 2. The molecule has 0 bridgehead atoms. The summed E-state index contributed by atoms with van der Waals surface area (Å²) in [6.07, 6.45) is 1.89. The van der Waals surface area contributed by atoms with E-state index in [1.165, 1.54) is 11.1 Å². The van der Waals surface area contributed by atoms with Gasteiger partial charge < -0.3 is 9.80 Å². The van der Waals surface area contributed by atoms with Gasteiger partial charge in [-0.05, 0) is 24.1 Å². The number of hydrogen-bond donors (Lipinski definition) is 0. The molecule has 1 saturated heterocycles. The summed E-state index contributed by atoms with van der Waals surface area (Å²) >= 11 is 0. The molecule has 0 saturated carbocycles. The number of piperazine rings is 1. The summed E-state index contributed by atoms with van der Waals surface area (Å²) < 4.78 is 0. The smallest absolute Gasteiger partial charge is 0.227 e. The molecule has 29 heavy (non-hydrogen) atoms. The van der Waals surface area contributed by atoms with Crippen LogP contribution in [0, 0.1) is 0 Å². The van der Waals surface area contributed by atoms with Gasteiger partial charge in [-0.3, -0.25) is 4.90 Å². The molecule has 5 heteroatoms. The summed E-state index contributed by atoms with van der Waals surface area (Å²) in [4.78, 5) is 16.6. The average Bonchev–Trinajstić information content (AvgIpc) is 2.79. The van der Waals surface area contributed by atoms with Crippen LogP contribution in [0.1, 0.15) is 18.1 Å². The van der Waals surface area contributed by atoms with Crippen LogP contribution in [0.25, 0.3) is 0 Å². The molecule has 2 aromatic carbocycles. The van der Waals surface area contributed by atoms with E-state index >= 15 is 0 Å². The Morgan fingerprint density at radius 3 is 2.14 bits per heavy atom. The van der Waals surface area contributed by atoms with Crippen LogP contribution < -0.4 is 9.80 Å². The van der Waals surface area contributed by atoms with Crippen LogP contribution in [-0.4, -0.2) is 47.6 Å². The third kappa shape index (κ3) is 5.12. The predicted molar refractivity (Wildman–Crippen MR) is 119 cm³/mol. The highest BCUT2D eigenvalue weighted by Crippen LogP contribution is 2.19. The molecule has 0 radical (unpaired) electrons. The lowest BCUT2D eigenvalue weighted by molar-refractivity contribution is 0.248. The highest BCUT2D eigenvalue weighted by Gasteiger charge is 2.20. The van der Waals surface area contributed by atoms with Crippen LogP contribution in [0.5, 0.6) is 0 Å². The number of hydrogen-bond acceptors (Lipinski definition) is 5. The van der Waals surface area contributed by atoms with Gasteiger partial charge in [-0.25, -0.2) is 4.98 Å². The van der Waals surface area contributed by atoms with E-state index in [0.29, 0.717) is 0 Å². The van der Waals surface area contributed by atoms with Crippen molar-refractivity contribution in [2.45, 2.75) is 20.0 Å². The Hall–Kier alpha value is -2.92. The molecule has 150 valence electrons. The molecule has 4 rings (SSSR count). The Morgan fingerprint density at radius 1 is 0.828 bits per heavy atom. The van der Waals surface area contributed by atoms with Crippen molar-refractivity contribution in [1.29, 1.82) is 0 Å². The zero-order valence-electron chi connectivity index (χ0n) is 17.1. The minimum atomic E-state index is 0.841. The topological polar surface area (TPSA) is 35.5 Å². The average molecular weight is 388 g/mol. The predicted octanol–water partition coefficient (Wildman–Crippen LogP) is 3.83. The van der Waals surface area contributed by atoms with Crippen molar-refractivity contribution in [2.24, 2.45) is 0 Å². The SMILES string of the molecule is CCN(Cc1ccccc1)c1ccnc(N2CCN(Cc3ccccc3)CC2)n1. The van der Waals surface area contributed by atoms with Crippen LogP contribution in [0.4, 0.5) is 11.8 Å². The zero-order valence-corrected chi connectivity index (χ0v) is 17.1. The minimum absolute atomic E-state index is 0.841. The van der Waals surface area contributed by atoms with Gasteiger partial charge in [0.2, 0.25) is 5.95 Å². The first-order chi connectivity index (χ1) is 14.3. The van der Waals surface area contributed by atoms with Gasteiger partial charge >= 0.3 is 0 Å². The van der Waals surface area contributed by atoms with Crippen LogP contribution in [0.2, 0.25) is 0 Å². The quantitative estimate of drug-likeness (QED) is 0.616. The highest BCUT2D eigenvalue weighted by atomic mass is 15.3. The third-order valence-corrected chi connectivity index (χ3v) is 5.45. The molecule has 3 aromatic rings. The van der Waals surface area contributed by atoms with Gasteiger partial charge in [0.05, 0.1) is 0 Å². The lowest BCUT2D eigenvalue weighted by Crippen LogP contribution is -2.46. The lowest BCUT2D eigenvalue weighted by atomic mass is 10.2. The molecular weight excluding hydrogens is 358 g/mol. The van der Waals surface area contributed by atoms with E-state index in [1.807, 2.05) is 12.3 Å². The van der Waals surface area contributed by atoms with Gasteiger partial charge in [-0.15, -0.1) is 0 Å². The van der Waals surface area contributed by atoms with E-state index in [4.69, 9.17) is 4.98 Å². The maximum atomic E-state index is 4.90. The standard InChI is InChI=1S/C24H29N5/c1-2-28(20-22-11-7-4-8-12-22)23-13-14-25-24(26-23)29-17-15-27(16-18-29)19-21-9-5-3-6-10-21/h3-14H,2,15-20H2,1H3. The Bertz CT molecular complexity index is 876. The molecule has 1 aliphatic rings. The summed E-state index contributed by atoms with van der Waals surface area (Å²) in [7, 11) is 0. The zero-order chi connectivity index (χ0) is 19.9. The molecule has 0 spiro atoms. The summed E-state index contributed by atoms with van der Waals surface area (Å²) in [6, 6.07) is 23.3. The van der Waals surface area contributed by atoms with E-state index < -0.39 is 0 Å². The van der Waals surface area contributed by atoms with Crippen molar-refractivity contribution in [3.05, 3.63) is 84.1 Å². The molecule has 0 N–H and O–H groups in total. The molecule has 5 nitrogen and oxygen atoms in total. The summed E-state index contributed by atoms with van der Waals surface area (Å²) in [6.45, 7) is 8.94. The molecule has 0 amide bonds. The first-order valence-corrected chi connectivity index (χ1v) is 10.4. The second-order valence-electron chi connectivity index (χ2n) is 7.46. The van der Waals surface area contributed by atoms with Gasteiger partial charge in [-0.1, -0.05) is 60.7 Å². The molecule has 0 unspecified atom stereocenters. The second-order valence-corrected chi connectivity index (χ2v) is 7.46. The van der Waals surface area contributed by atoms with E-state index in [2.05, 4.69) is 87.3 Å². The van der Waals surface area contributed by atoms with E-state index in [9.17, 15) is 0 Å². The maximum Gasteiger partial charge on any atom is 0.227 e. The monoisotopic (exact) mass is 387 g/mol. The molecule has 1 aliphatic heterocycles. The molecule has 1 fully saturated rings. The second kappa shape index (κ2) is 9.52. The minimum Gasteiger partial charge on any atom is -0.352 e. The maximum absolute atomic E-state index is 4.90. The first-order valence-electron chi connectivity index (χ1n) is 10.4. The summed E-state index contributed by atoms with van der Waals surface area (Å²) in [5.41, 5.74) is 2.67. The summed E-state index contributed by atoms with van der Waals surface area (Å²) in [5.74, 6) is 1.83. The van der Waals surface area contributed by atoms with Crippen LogP contribution in [0.15, 0.2) is 72.9 Å². The largest absolute Gasteiger partial charge is 0.352 e. The Labute approximate surface area is 173 Å². The van der Waals surface area contributed by atoms with Crippen molar-refractivity contribution in [3.63, 3.8) is 0 Å². The number of rotatable bonds is 7. The fourth-order valence-corrected chi connectivity index (χ4v) is 3.77. The molecule has 0 atom stereocenters. The number of aromatic nitrogens is 2. The van der Waals surface area contributed by atoms with Crippen molar-refractivity contribution in [2.75, 3.05) is 42.5 Å². The fourth-order valence-electron chi connectivity index (χ4n) is 3.77. The van der Waals surface area contributed by atoms with E-state index in [1.54, 1.807) is 0 Å². The molecule has 1 aromatic heterocycles. The third-order valence-electron chi connectivity index (χ3n) is 5.45. The Morgan fingerprint density at radius 2 is 1.48 bits per heavy atom. The molecule has 2 heterocycles. The van der Waals surface area contributed by atoms with Crippen molar-refractivity contribution < 1.29 is 0 Å². The number of anilines is 2. The molecule has 0 aliphatic carbocycles. The number of nitrogens with zero attached hydrogens (tertiary/aromatic N) is 5.